The molecule has 0 saturated heterocycles. The number of hydrogen-bond acceptors (Lipinski definition) is 5. The summed E-state index contributed by atoms with van der Waals surface area (Å²) in [4.78, 5) is 41.2. The lowest BCUT2D eigenvalue weighted by Crippen LogP contribution is -2.56. The van der Waals surface area contributed by atoms with Gasteiger partial charge >= 0.3 is 0 Å². The Kier molecular flexibility index (Phi) is 2.77. The van der Waals surface area contributed by atoms with E-state index in [1.165, 1.54) is 6.39 Å². The zero-order chi connectivity index (χ0) is 14.6. The molecule has 102 valence electrons. The van der Waals surface area contributed by atoms with Gasteiger partial charge in [-0.3, -0.25) is 14.4 Å². The Morgan fingerprint density at radius 1 is 1.05 bits per heavy atom. The van der Waals surface area contributed by atoms with Crippen molar-refractivity contribution < 1.29 is 18.8 Å². The lowest BCUT2D eigenvalue weighted by Gasteiger charge is -2.40. The first kappa shape index (κ1) is 13.6. The Morgan fingerprint density at radius 2 is 1.53 bits per heavy atom. The molecule has 1 heterocycles. The van der Waals surface area contributed by atoms with E-state index in [-0.39, 0.29) is 5.78 Å². The first-order valence-electron chi connectivity index (χ1n) is 6.15. The molecule has 1 aliphatic rings. The van der Waals surface area contributed by atoms with Crippen molar-refractivity contribution in [3.63, 3.8) is 0 Å². The molecule has 19 heavy (non-hydrogen) atoms. The predicted molar refractivity (Wildman–Crippen MR) is 66.6 cm³/mol. The Morgan fingerprint density at radius 3 is 1.89 bits per heavy atom. The van der Waals surface area contributed by atoms with Gasteiger partial charge in [0, 0.05) is 0 Å². The summed E-state index contributed by atoms with van der Waals surface area (Å²) >= 11 is 0. The monoisotopic (exact) mass is 263 g/mol. The van der Waals surface area contributed by atoms with E-state index in [0.29, 0.717) is 11.5 Å². The van der Waals surface area contributed by atoms with Crippen LogP contribution in [-0.4, -0.2) is 22.3 Å². The summed E-state index contributed by atoms with van der Waals surface area (Å²) < 4.78 is 5.08. The van der Waals surface area contributed by atoms with Crippen LogP contribution in [0.1, 0.15) is 45.1 Å². The van der Waals surface area contributed by atoms with Crippen molar-refractivity contribution in [3.05, 3.63) is 17.8 Å². The number of Topliss-reactive ketones (excluding diaryl/α,β-unsaturated/α-hetero) is 3. The third-order valence-electron chi connectivity index (χ3n) is 3.95. The van der Waals surface area contributed by atoms with Crippen LogP contribution < -0.4 is 0 Å². The molecule has 0 aliphatic heterocycles. The fourth-order valence-corrected chi connectivity index (χ4v) is 2.69. The van der Waals surface area contributed by atoms with E-state index in [4.69, 9.17) is 4.42 Å². The normalized spacial score (nSPS) is 22.9. The number of oxazole rings is 1. The van der Waals surface area contributed by atoms with Crippen molar-refractivity contribution in [2.75, 3.05) is 0 Å². The molecule has 0 N–H and O–H groups in total. The first-order chi connectivity index (χ1) is 8.61. The van der Waals surface area contributed by atoms with Gasteiger partial charge in [-0.2, -0.15) is 0 Å². The summed E-state index contributed by atoms with van der Waals surface area (Å²) in [7, 11) is 0. The summed E-state index contributed by atoms with van der Waals surface area (Å²) in [5, 5.41) is 0. The Bertz CT molecular complexity index is 550. The Hall–Kier alpha value is -1.78. The largest absolute Gasteiger partial charge is 0.448 e. The maximum absolute atomic E-state index is 12.5. The van der Waals surface area contributed by atoms with E-state index in [1.807, 2.05) is 0 Å². The molecule has 1 aliphatic carbocycles. The molecular formula is C14H17NO4. The van der Waals surface area contributed by atoms with Gasteiger partial charge in [-0.15, -0.1) is 0 Å². The third-order valence-corrected chi connectivity index (χ3v) is 3.95. The molecule has 1 aromatic rings. The maximum atomic E-state index is 12.5. The smallest absolute Gasteiger partial charge is 0.181 e. The molecular weight excluding hydrogens is 246 g/mol. The standard InChI is InChI=1S/C14H17NO4/c1-7-9(15-6-19-7)8-10(16)13(2,3)12(18)14(4,5)11(8)17/h6,8H,1-5H3. The molecule has 0 unspecified atom stereocenters. The second-order valence-corrected chi connectivity index (χ2v) is 6.03. The van der Waals surface area contributed by atoms with Crippen LogP contribution in [0.15, 0.2) is 10.8 Å². The number of nitrogens with zero attached hydrogens (tertiary/aromatic N) is 1. The number of aryl methyl sites for hydroxylation is 1. The van der Waals surface area contributed by atoms with Gasteiger partial charge in [-0.05, 0) is 34.6 Å². The minimum absolute atomic E-state index is 0.323. The average molecular weight is 263 g/mol. The van der Waals surface area contributed by atoms with Gasteiger partial charge in [0.1, 0.15) is 11.7 Å². The second kappa shape index (κ2) is 3.85. The van der Waals surface area contributed by atoms with Gasteiger partial charge in [0.05, 0.1) is 16.5 Å². The molecule has 1 saturated carbocycles. The van der Waals surface area contributed by atoms with Crippen molar-refractivity contribution in [2.24, 2.45) is 10.8 Å². The number of carbonyl (C=O) groups excluding carboxylic acids is 3. The SMILES string of the molecule is Cc1ocnc1C1C(=O)C(C)(C)C(=O)C(C)(C)C1=O. The molecule has 0 aromatic carbocycles. The van der Waals surface area contributed by atoms with E-state index in [1.54, 1.807) is 34.6 Å². The second-order valence-electron chi connectivity index (χ2n) is 6.03. The molecule has 1 fully saturated rings. The number of carbonyl (C=O) groups is 3. The first-order valence-corrected chi connectivity index (χ1v) is 6.15. The molecule has 5 heteroatoms. The summed E-state index contributed by atoms with van der Waals surface area (Å²) in [5.41, 5.74) is -2.05. The third kappa shape index (κ3) is 1.68. The van der Waals surface area contributed by atoms with E-state index < -0.39 is 28.3 Å². The number of rotatable bonds is 1. The number of aromatic nitrogens is 1. The van der Waals surface area contributed by atoms with Gasteiger partial charge < -0.3 is 4.42 Å². The maximum Gasteiger partial charge on any atom is 0.181 e. The average Bonchev–Trinajstić information content (AvgIpc) is 2.73. The molecule has 5 nitrogen and oxygen atoms in total. The summed E-state index contributed by atoms with van der Waals surface area (Å²) in [5.74, 6) is -1.72. The van der Waals surface area contributed by atoms with E-state index in [2.05, 4.69) is 4.98 Å². The highest BCUT2D eigenvalue weighted by atomic mass is 16.3. The molecule has 0 radical (unpaired) electrons. The van der Waals surface area contributed by atoms with Crippen LogP contribution in [0.2, 0.25) is 0 Å². The van der Waals surface area contributed by atoms with Gasteiger partial charge in [-0.1, -0.05) is 0 Å². The highest BCUT2D eigenvalue weighted by molar-refractivity contribution is 6.30. The topological polar surface area (TPSA) is 77.2 Å². The quantitative estimate of drug-likeness (QED) is 0.722. The van der Waals surface area contributed by atoms with Crippen molar-refractivity contribution >= 4 is 17.3 Å². The highest BCUT2D eigenvalue weighted by Gasteiger charge is 2.59. The zero-order valence-electron chi connectivity index (χ0n) is 11.7. The number of ketones is 3. The zero-order valence-corrected chi connectivity index (χ0v) is 11.7. The molecule has 0 atom stereocenters. The van der Waals surface area contributed by atoms with Crippen LogP contribution in [0.25, 0.3) is 0 Å². The van der Waals surface area contributed by atoms with Crippen LogP contribution in [-0.2, 0) is 14.4 Å². The van der Waals surface area contributed by atoms with Gasteiger partial charge in [0.25, 0.3) is 0 Å². The van der Waals surface area contributed by atoms with E-state index in [9.17, 15) is 14.4 Å². The van der Waals surface area contributed by atoms with Gasteiger partial charge in [0.15, 0.2) is 23.7 Å². The van der Waals surface area contributed by atoms with Gasteiger partial charge in [0.2, 0.25) is 0 Å². The molecule has 2 rings (SSSR count). The lowest BCUT2D eigenvalue weighted by molar-refractivity contribution is -0.157. The van der Waals surface area contributed by atoms with Crippen LogP contribution in [0, 0.1) is 17.8 Å². The fraction of sp³-hybridized carbons (Fsp3) is 0.571. The van der Waals surface area contributed by atoms with Crippen molar-refractivity contribution in [3.8, 4) is 0 Å². The van der Waals surface area contributed by atoms with Crippen molar-refractivity contribution in [1.29, 1.82) is 0 Å². The van der Waals surface area contributed by atoms with Crippen molar-refractivity contribution in [2.45, 2.75) is 40.5 Å². The molecule has 0 amide bonds. The van der Waals surface area contributed by atoms with Crippen LogP contribution in [0.4, 0.5) is 0 Å². The van der Waals surface area contributed by atoms with E-state index >= 15 is 0 Å². The molecule has 1 aromatic heterocycles. The van der Waals surface area contributed by atoms with E-state index in [0.717, 1.165) is 0 Å². The molecule has 0 spiro atoms. The predicted octanol–water partition coefficient (Wildman–Crippen LogP) is 1.84. The summed E-state index contributed by atoms with van der Waals surface area (Å²) in [6.07, 6.45) is 1.21. The Labute approximate surface area is 111 Å². The minimum atomic E-state index is -1.19. The summed E-state index contributed by atoms with van der Waals surface area (Å²) in [6.45, 7) is 7.91. The summed E-state index contributed by atoms with van der Waals surface area (Å²) in [6, 6.07) is 0. The fourth-order valence-electron chi connectivity index (χ4n) is 2.69. The highest BCUT2D eigenvalue weighted by Crippen LogP contribution is 2.44. The molecule has 0 bridgehead atoms. The van der Waals surface area contributed by atoms with Crippen molar-refractivity contribution in [1.82, 2.24) is 4.98 Å². The minimum Gasteiger partial charge on any atom is -0.448 e. The number of hydrogen-bond donors (Lipinski definition) is 0. The van der Waals surface area contributed by atoms with Crippen LogP contribution in [0.3, 0.4) is 0 Å². The Balaban J connectivity index is 2.62. The van der Waals surface area contributed by atoms with Crippen LogP contribution in [0.5, 0.6) is 0 Å². The van der Waals surface area contributed by atoms with Crippen LogP contribution >= 0.6 is 0 Å². The lowest BCUT2D eigenvalue weighted by atomic mass is 9.58. The van der Waals surface area contributed by atoms with Gasteiger partial charge in [-0.25, -0.2) is 4.98 Å².